The van der Waals surface area contributed by atoms with Crippen LogP contribution in [0.5, 0.6) is 5.75 Å². The molecule has 0 atom stereocenters. The molecule has 0 saturated carbocycles. The zero-order valence-electron chi connectivity index (χ0n) is 18.2. The molecule has 0 bridgehead atoms. The number of amides is 3. The highest BCUT2D eigenvalue weighted by Crippen LogP contribution is 2.23. The molecule has 0 aliphatic heterocycles. The number of hydrogen-bond acceptors (Lipinski definition) is 3. The molecular formula is C25H27N3O3. The van der Waals surface area contributed by atoms with Gasteiger partial charge in [0.2, 0.25) is 0 Å². The molecule has 3 aromatic rings. The molecule has 31 heavy (non-hydrogen) atoms. The standard InChI is InChI=1S/C25H27N3O3/c1-25(2,3)18-13-11-17(12-14-18)23(29)26-19-7-5-8-20(15-19)27-24(30)28-21-9-6-10-22(16-21)31-4/h5-16H,1-4H3,(H,26,29)(H2,27,28,30). The molecule has 0 fully saturated rings. The maximum Gasteiger partial charge on any atom is 0.323 e. The molecule has 3 N–H and O–H groups in total. The van der Waals surface area contributed by atoms with Crippen molar-refractivity contribution >= 4 is 29.0 Å². The number of hydrogen-bond donors (Lipinski definition) is 3. The summed E-state index contributed by atoms with van der Waals surface area (Å²) < 4.78 is 5.15. The fourth-order valence-corrected chi connectivity index (χ4v) is 2.99. The van der Waals surface area contributed by atoms with Crippen LogP contribution in [0.15, 0.2) is 72.8 Å². The number of ether oxygens (including phenoxy) is 1. The van der Waals surface area contributed by atoms with Crippen molar-refractivity contribution in [1.29, 1.82) is 0 Å². The molecule has 0 heterocycles. The molecule has 3 rings (SSSR count). The molecule has 0 aliphatic carbocycles. The van der Waals surface area contributed by atoms with Gasteiger partial charge in [0.05, 0.1) is 7.11 Å². The van der Waals surface area contributed by atoms with Gasteiger partial charge < -0.3 is 20.7 Å². The predicted octanol–water partition coefficient (Wildman–Crippen LogP) is 5.89. The Labute approximate surface area is 182 Å². The summed E-state index contributed by atoms with van der Waals surface area (Å²) in [5.74, 6) is 0.441. The quantitative estimate of drug-likeness (QED) is 0.484. The first-order chi connectivity index (χ1) is 14.7. The highest BCUT2D eigenvalue weighted by molar-refractivity contribution is 6.05. The molecule has 0 unspecified atom stereocenters. The summed E-state index contributed by atoms with van der Waals surface area (Å²) in [6.45, 7) is 6.39. The van der Waals surface area contributed by atoms with Gasteiger partial charge in [0, 0.05) is 28.7 Å². The zero-order chi connectivity index (χ0) is 22.4. The topological polar surface area (TPSA) is 79.5 Å². The number of benzene rings is 3. The van der Waals surface area contributed by atoms with Crippen molar-refractivity contribution in [2.75, 3.05) is 23.1 Å². The van der Waals surface area contributed by atoms with Crippen LogP contribution in [0.1, 0.15) is 36.7 Å². The average molecular weight is 418 g/mol. The lowest BCUT2D eigenvalue weighted by molar-refractivity contribution is 0.102. The summed E-state index contributed by atoms with van der Waals surface area (Å²) in [6.07, 6.45) is 0. The molecule has 0 saturated heterocycles. The summed E-state index contributed by atoms with van der Waals surface area (Å²) >= 11 is 0. The van der Waals surface area contributed by atoms with Crippen LogP contribution in [0.4, 0.5) is 21.9 Å². The third-order valence-corrected chi connectivity index (χ3v) is 4.72. The highest BCUT2D eigenvalue weighted by atomic mass is 16.5. The molecule has 3 amide bonds. The lowest BCUT2D eigenvalue weighted by Gasteiger charge is -2.19. The fourth-order valence-electron chi connectivity index (χ4n) is 2.99. The van der Waals surface area contributed by atoms with Gasteiger partial charge in [-0.3, -0.25) is 4.79 Å². The Morgan fingerprint density at radius 2 is 1.29 bits per heavy atom. The van der Waals surface area contributed by atoms with E-state index >= 15 is 0 Å². The first kappa shape index (κ1) is 21.9. The van der Waals surface area contributed by atoms with E-state index in [0.717, 1.165) is 5.56 Å². The number of anilines is 3. The second-order valence-corrected chi connectivity index (χ2v) is 8.17. The van der Waals surface area contributed by atoms with Gasteiger partial charge >= 0.3 is 6.03 Å². The third-order valence-electron chi connectivity index (χ3n) is 4.72. The van der Waals surface area contributed by atoms with E-state index in [9.17, 15) is 9.59 Å². The largest absolute Gasteiger partial charge is 0.497 e. The maximum absolute atomic E-state index is 12.6. The summed E-state index contributed by atoms with van der Waals surface area (Å²) in [6, 6.07) is 21.2. The predicted molar refractivity (Wildman–Crippen MR) is 125 cm³/mol. The van der Waals surface area contributed by atoms with Crippen molar-refractivity contribution in [3.05, 3.63) is 83.9 Å². The van der Waals surface area contributed by atoms with Gasteiger partial charge in [-0.05, 0) is 53.4 Å². The molecule has 0 spiro atoms. The van der Waals surface area contributed by atoms with E-state index in [-0.39, 0.29) is 11.3 Å². The summed E-state index contributed by atoms with van der Waals surface area (Å²) in [5.41, 5.74) is 3.52. The van der Waals surface area contributed by atoms with Crippen molar-refractivity contribution < 1.29 is 14.3 Å². The number of rotatable bonds is 5. The van der Waals surface area contributed by atoms with Gasteiger partial charge in [-0.2, -0.15) is 0 Å². The van der Waals surface area contributed by atoms with Gasteiger partial charge in [-0.1, -0.05) is 45.0 Å². The lowest BCUT2D eigenvalue weighted by Crippen LogP contribution is -2.19. The van der Waals surface area contributed by atoms with Gasteiger partial charge in [0.15, 0.2) is 0 Å². The number of methoxy groups -OCH3 is 1. The van der Waals surface area contributed by atoms with E-state index in [1.54, 1.807) is 55.6 Å². The number of carbonyl (C=O) groups is 2. The Morgan fingerprint density at radius 1 is 0.742 bits per heavy atom. The van der Waals surface area contributed by atoms with Crippen molar-refractivity contribution in [2.24, 2.45) is 0 Å². The summed E-state index contributed by atoms with van der Waals surface area (Å²) in [4.78, 5) is 24.9. The molecule has 3 aromatic carbocycles. The number of urea groups is 1. The molecule has 0 radical (unpaired) electrons. The highest BCUT2D eigenvalue weighted by Gasteiger charge is 2.14. The minimum Gasteiger partial charge on any atom is -0.497 e. The Balaban J connectivity index is 1.63. The minimum absolute atomic E-state index is 0.0282. The van der Waals surface area contributed by atoms with Gasteiger partial charge in [0.25, 0.3) is 5.91 Å². The molecule has 160 valence electrons. The smallest absolute Gasteiger partial charge is 0.323 e. The number of nitrogens with one attached hydrogen (secondary N) is 3. The van der Waals surface area contributed by atoms with Crippen LogP contribution in [0.25, 0.3) is 0 Å². The van der Waals surface area contributed by atoms with Crippen molar-refractivity contribution in [2.45, 2.75) is 26.2 Å². The van der Waals surface area contributed by atoms with Crippen molar-refractivity contribution in [3.63, 3.8) is 0 Å². The van der Waals surface area contributed by atoms with Crippen LogP contribution >= 0.6 is 0 Å². The van der Waals surface area contributed by atoms with Crippen LogP contribution in [-0.2, 0) is 5.41 Å². The van der Waals surface area contributed by atoms with E-state index in [1.807, 2.05) is 24.3 Å². The van der Waals surface area contributed by atoms with Crippen LogP contribution in [-0.4, -0.2) is 19.0 Å². The molecule has 0 aliphatic rings. The van der Waals surface area contributed by atoms with E-state index < -0.39 is 6.03 Å². The Bertz CT molecular complexity index is 1070. The maximum atomic E-state index is 12.6. The monoisotopic (exact) mass is 417 g/mol. The van der Waals surface area contributed by atoms with Crippen molar-refractivity contribution in [1.82, 2.24) is 0 Å². The zero-order valence-corrected chi connectivity index (χ0v) is 18.2. The van der Waals surface area contributed by atoms with Crippen LogP contribution < -0.4 is 20.7 Å². The molecule has 6 nitrogen and oxygen atoms in total. The van der Waals surface area contributed by atoms with Crippen LogP contribution in [0, 0.1) is 0 Å². The van der Waals surface area contributed by atoms with Gasteiger partial charge in [-0.25, -0.2) is 4.79 Å². The fraction of sp³-hybridized carbons (Fsp3) is 0.200. The summed E-state index contributed by atoms with van der Waals surface area (Å²) in [5, 5.41) is 8.38. The average Bonchev–Trinajstić information content (AvgIpc) is 2.73. The first-order valence-corrected chi connectivity index (χ1v) is 9.98. The third kappa shape index (κ3) is 6.09. The van der Waals surface area contributed by atoms with Crippen molar-refractivity contribution in [3.8, 4) is 5.75 Å². The first-order valence-electron chi connectivity index (χ1n) is 9.98. The Morgan fingerprint density at radius 3 is 1.87 bits per heavy atom. The lowest BCUT2D eigenvalue weighted by atomic mass is 9.87. The number of carbonyl (C=O) groups excluding carboxylic acids is 2. The van der Waals surface area contributed by atoms with E-state index in [0.29, 0.717) is 28.4 Å². The second-order valence-electron chi connectivity index (χ2n) is 8.17. The second kappa shape index (κ2) is 9.34. The Hall–Kier alpha value is -3.80. The SMILES string of the molecule is COc1cccc(NC(=O)Nc2cccc(NC(=O)c3ccc(C(C)(C)C)cc3)c2)c1. The van der Waals surface area contributed by atoms with E-state index in [4.69, 9.17) is 4.74 Å². The minimum atomic E-state index is -0.394. The molecular weight excluding hydrogens is 390 g/mol. The van der Waals surface area contributed by atoms with E-state index in [2.05, 4.69) is 36.7 Å². The van der Waals surface area contributed by atoms with Gasteiger partial charge in [-0.15, -0.1) is 0 Å². The van der Waals surface area contributed by atoms with Crippen LogP contribution in [0.3, 0.4) is 0 Å². The van der Waals surface area contributed by atoms with Gasteiger partial charge in [0.1, 0.15) is 5.75 Å². The van der Waals surface area contributed by atoms with E-state index in [1.165, 1.54) is 0 Å². The summed E-state index contributed by atoms with van der Waals surface area (Å²) in [7, 11) is 1.57. The molecule has 0 aromatic heterocycles. The Kier molecular flexibility index (Phi) is 6.60. The normalized spacial score (nSPS) is 10.8. The molecule has 6 heteroatoms. The van der Waals surface area contributed by atoms with Crippen LogP contribution in [0.2, 0.25) is 0 Å².